The molecular formula is C19H21N2O5P. The molecule has 8 heteroatoms. The van der Waals surface area contributed by atoms with Gasteiger partial charge in [0, 0.05) is 0 Å². The fraction of sp³-hybridized carbons (Fsp3) is 0.263. The minimum Gasteiger partial charge on any atom is -0.462 e. The van der Waals surface area contributed by atoms with E-state index in [4.69, 9.17) is 13.8 Å². The van der Waals surface area contributed by atoms with Gasteiger partial charge in [-0.25, -0.2) is 4.57 Å². The van der Waals surface area contributed by atoms with Gasteiger partial charge >= 0.3 is 13.7 Å². The number of hydrogen-bond acceptors (Lipinski definition) is 6. The van der Waals surface area contributed by atoms with Gasteiger partial charge in [0.25, 0.3) is 0 Å². The molecule has 27 heavy (non-hydrogen) atoms. The van der Waals surface area contributed by atoms with Gasteiger partial charge in [0.1, 0.15) is 23.6 Å². The van der Waals surface area contributed by atoms with Crippen LogP contribution in [0.2, 0.25) is 0 Å². The zero-order valence-electron chi connectivity index (χ0n) is 15.3. The summed E-state index contributed by atoms with van der Waals surface area (Å²) in [4.78, 5) is 12.1. The fourth-order valence-electron chi connectivity index (χ4n) is 2.08. The summed E-state index contributed by atoms with van der Waals surface area (Å²) in [5.74, 6) is -0.234. The number of benzene rings is 2. The predicted molar refractivity (Wildman–Crippen MR) is 100 cm³/mol. The molecule has 0 saturated heterocycles. The molecule has 1 N–H and O–H groups in total. The van der Waals surface area contributed by atoms with Crippen LogP contribution in [0.25, 0.3) is 0 Å². The highest BCUT2D eigenvalue weighted by molar-refractivity contribution is 7.52. The van der Waals surface area contributed by atoms with Gasteiger partial charge in [0.15, 0.2) is 0 Å². The van der Waals surface area contributed by atoms with Crippen LogP contribution in [0.1, 0.15) is 26.3 Å². The largest absolute Gasteiger partial charge is 0.513 e. The molecule has 2 aromatic carbocycles. The molecule has 0 aliphatic heterocycles. The minimum absolute atomic E-state index is 0.0798. The summed E-state index contributed by atoms with van der Waals surface area (Å²) < 4.78 is 29.5. The molecule has 0 fully saturated rings. The van der Waals surface area contributed by atoms with Crippen molar-refractivity contribution >= 4 is 13.7 Å². The number of carbonyl (C=O) groups is 1. The van der Waals surface area contributed by atoms with Crippen molar-refractivity contribution in [2.75, 3.05) is 0 Å². The number of nitrogens with one attached hydrogen (secondary N) is 1. The standard InChI is InChI=1S/C19H21N2O5P/c1-14(2)24-19(22)15(3)21-27(23,25-17-10-5-4-6-11-17)26-18-12-8-7-9-16(18)13-20/h4-12,14-15H,1-3H3,(H,21,23)/t15-,27?/m0/s1. The Balaban J connectivity index is 2.29. The highest BCUT2D eigenvalue weighted by Gasteiger charge is 2.34. The molecule has 2 aromatic rings. The molecular weight excluding hydrogens is 367 g/mol. The number of carbonyl (C=O) groups excluding carboxylic acids is 1. The molecule has 0 amide bonds. The maximum atomic E-state index is 13.3. The van der Waals surface area contributed by atoms with Crippen LogP contribution in [-0.4, -0.2) is 18.1 Å². The summed E-state index contributed by atoms with van der Waals surface area (Å²) in [6.07, 6.45) is -0.323. The van der Waals surface area contributed by atoms with Crippen molar-refractivity contribution < 1.29 is 23.1 Å². The Morgan fingerprint density at radius 2 is 1.67 bits per heavy atom. The zero-order valence-corrected chi connectivity index (χ0v) is 16.2. The highest BCUT2D eigenvalue weighted by Crippen LogP contribution is 2.46. The van der Waals surface area contributed by atoms with Crippen molar-refractivity contribution in [3.8, 4) is 17.6 Å². The topological polar surface area (TPSA) is 97.7 Å². The molecule has 1 unspecified atom stereocenters. The summed E-state index contributed by atoms with van der Waals surface area (Å²) in [5.41, 5.74) is 0.189. The van der Waals surface area contributed by atoms with Crippen LogP contribution in [0.3, 0.4) is 0 Å². The third-order valence-electron chi connectivity index (χ3n) is 3.25. The lowest BCUT2D eigenvalue weighted by molar-refractivity contribution is -0.149. The molecule has 0 aromatic heterocycles. The number of para-hydroxylation sites is 2. The quantitative estimate of drug-likeness (QED) is 0.538. The third-order valence-corrected chi connectivity index (χ3v) is 4.84. The molecule has 0 heterocycles. The predicted octanol–water partition coefficient (Wildman–Crippen LogP) is 4.05. The minimum atomic E-state index is -4.06. The number of ether oxygens (including phenoxy) is 1. The summed E-state index contributed by atoms with van der Waals surface area (Å²) in [7, 11) is -4.06. The van der Waals surface area contributed by atoms with Crippen molar-refractivity contribution in [3.63, 3.8) is 0 Å². The van der Waals surface area contributed by atoms with Gasteiger partial charge < -0.3 is 13.8 Å². The Morgan fingerprint density at radius 3 is 2.30 bits per heavy atom. The van der Waals surface area contributed by atoms with E-state index < -0.39 is 19.8 Å². The Kier molecular flexibility index (Phi) is 7.00. The first kappa shape index (κ1) is 20.5. The number of hydrogen-bond donors (Lipinski definition) is 1. The van der Waals surface area contributed by atoms with E-state index in [1.54, 1.807) is 56.3 Å². The van der Waals surface area contributed by atoms with Crippen LogP contribution in [0.5, 0.6) is 11.5 Å². The van der Waals surface area contributed by atoms with Crippen molar-refractivity contribution in [2.45, 2.75) is 32.9 Å². The number of nitriles is 1. The van der Waals surface area contributed by atoms with Gasteiger partial charge in [0.05, 0.1) is 11.7 Å². The lowest BCUT2D eigenvalue weighted by Gasteiger charge is -2.23. The first-order chi connectivity index (χ1) is 12.8. The molecule has 0 aliphatic carbocycles. The zero-order chi connectivity index (χ0) is 19.9. The van der Waals surface area contributed by atoms with E-state index in [0.717, 1.165) is 0 Å². The maximum absolute atomic E-state index is 13.3. The second kappa shape index (κ2) is 9.22. The Morgan fingerprint density at radius 1 is 1.04 bits per heavy atom. The molecule has 0 radical (unpaired) electrons. The van der Waals surface area contributed by atoms with Gasteiger partial charge in [-0.15, -0.1) is 0 Å². The van der Waals surface area contributed by atoms with Gasteiger partial charge in [-0.05, 0) is 45.0 Å². The SMILES string of the molecule is CC(C)OC(=O)[C@H](C)NP(=O)(Oc1ccccc1)Oc1ccccc1C#N. The van der Waals surface area contributed by atoms with E-state index in [-0.39, 0.29) is 23.2 Å². The second-order valence-corrected chi connectivity index (χ2v) is 7.56. The van der Waals surface area contributed by atoms with Crippen LogP contribution in [0.4, 0.5) is 0 Å². The van der Waals surface area contributed by atoms with Gasteiger partial charge in [-0.1, -0.05) is 30.3 Å². The molecule has 7 nitrogen and oxygen atoms in total. The Hall–Kier alpha value is -2.81. The van der Waals surface area contributed by atoms with E-state index in [0.29, 0.717) is 0 Å². The van der Waals surface area contributed by atoms with Crippen molar-refractivity contribution in [3.05, 3.63) is 60.2 Å². The van der Waals surface area contributed by atoms with Crippen LogP contribution >= 0.6 is 7.75 Å². The lowest BCUT2D eigenvalue weighted by atomic mass is 10.2. The van der Waals surface area contributed by atoms with Gasteiger partial charge in [0.2, 0.25) is 0 Å². The molecule has 0 spiro atoms. The van der Waals surface area contributed by atoms with E-state index in [9.17, 15) is 14.6 Å². The highest BCUT2D eigenvalue weighted by atomic mass is 31.2. The number of esters is 1. The van der Waals surface area contributed by atoms with Crippen LogP contribution in [0, 0.1) is 11.3 Å². The van der Waals surface area contributed by atoms with Crippen LogP contribution < -0.4 is 14.1 Å². The molecule has 2 atom stereocenters. The molecule has 0 saturated carbocycles. The normalized spacial score (nSPS) is 13.9. The van der Waals surface area contributed by atoms with Crippen molar-refractivity contribution in [1.82, 2.24) is 5.09 Å². The first-order valence-electron chi connectivity index (χ1n) is 8.34. The third kappa shape index (κ3) is 6.14. The molecule has 142 valence electrons. The van der Waals surface area contributed by atoms with E-state index in [1.807, 2.05) is 6.07 Å². The summed E-state index contributed by atoms with van der Waals surface area (Å²) >= 11 is 0. The summed E-state index contributed by atoms with van der Waals surface area (Å²) in [5, 5.41) is 11.8. The van der Waals surface area contributed by atoms with Gasteiger partial charge in [-0.3, -0.25) is 4.79 Å². The van der Waals surface area contributed by atoms with Crippen molar-refractivity contribution in [1.29, 1.82) is 5.26 Å². The fourth-order valence-corrected chi connectivity index (χ4v) is 3.62. The molecule has 2 rings (SSSR count). The monoisotopic (exact) mass is 388 g/mol. The summed E-state index contributed by atoms with van der Waals surface area (Å²) in [6.45, 7) is 4.92. The van der Waals surface area contributed by atoms with Crippen molar-refractivity contribution in [2.24, 2.45) is 0 Å². The Bertz CT molecular complexity index is 864. The van der Waals surface area contributed by atoms with Gasteiger partial charge in [-0.2, -0.15) is 10.3 Å². The average Bonchev–Trinajstić information content (AvgIpc) is 2.62. The Labute approximate surface area is 158 Å². The van der Waals surface area contributed by atoms with E-state index >= 15 is 0 Å². The average molecular weight is 388 g/mol. The first-order valence-corrected chi connectivity index (χ1v) is 9.89. The molecule has 0 bridgehead atoms. The smallest absolute Gasteiger partial charge is 0.462 e. The lowest BCUT2D eigenvalue weighted by Crippen LogP contribution is -2.36. The second-order valence-electron chi connectivity index (χ2n) is 5.94. The van der Waals surface area contributed by atoms with Crippen LogP contribution in [-0.2, 0) is 14.1 Å². The van der Waals surface area contributed by atoms with E-state index in [2.05, 4.69) is 5.09 Å². The number of nitrogens with zero attached hydrogens (tertiary/aromatic N) is 1. The summed E-state index contributed by atoms with van der Waals surface area (Å²) in [6, 6.07) is 15.7. The van der Waals surface area contributed by atoms with Crippen LogP contribution in [0.15, 0.2) is 54.6 Å². The van der Waals surface area contributed by atoms with E-state index in [1.165, 1.54) is 19.1 Å². The maximum Gasteiger partial charge on any atom is 0.513 e. The molecule has 0 aliphatic rings. The number of rotatable bonds is 8.